The molecule has 0 aliphatic rings. The minimum atomic E-state index is 0.831. The van der Waals surface area contributed by atoms with E-state index in [1.54, 1.807) is 41.3 Å². The molecule has 3 aromatic heterocycles. The van der Waals surface area contributed by atoms with Gasteiger partial charge in [0.05, 0.1) is 16.8 Å². The van der Waals surface area contributed by atoms with Crippen LogP contribution in [0.25, 0.3) is 21.3 Å². The van der Waals surface area contributed by atoms with E-state index in [-0.39, 0.29) is 0 Å². The van der Waals surface area contributed by atoms with Gasteiger partial charge in [0, 0.05) is 22.7 Å². The predicted molar refractivity (Wildman–Crippen MR) is 71.2 cm³/mol. The highest BCUT2D eigenvalue weighted by molar-refractivity contribution is 7.16. The Labute approximate surface area is 107 Å². The molecule has 0 atom stereocenters. The molecule has 0 N–H and O–H groups in total. The van der Waals surface area contributed by atoms with Crippen molar-refractivity contribution < 1.29 is 0 Å². The van der Waals surface area contributed by atoms with Crippen LogP contribution in [0.2, 0.25) is 0 Å². The van der Waals surface area contributed by atoms with Gasteiger partial charge >= 0.3 is 0 Å². The molecule has 3 aromatic rings. The predicted octanol–water partition coefficient (Wildman–Crippen LogP) is 3.64. The molecular formula is C12H9N3S2. The van der Waals surface area contributed by atoms with Crippen LogP contribution in [0.15, 0.2) is 36.1 Å². The molecule has 0 aliphatic carbocycles. The third kappa shape index (κ3) is 2.11. The maximum absolute atomic E-state index is 4.59. The van der Waals surface area contributed by atoms with E-state index < -0.39 is 0 Å². The lowest BCUT2D eigenvalue weighted by Crippen LogP contribution is -1.82. The first-order valence-corrected chi connectivity index (χ1v) is 6.81. The van der Waals surface area contributed by atoms with Crippen molar-refractivity contribution in [1.82, 2.24) is 15.0 Å². The zero-order valence-corrected chi connectivity index (χ0v) is 10.8. The maximum atomic E-state index is 4.59. The lowest BCUT2D eigenvalue weighted by molar-refractivity contribution is 1.20. The SMILES string of the molecule is Cc1ccc(-c2csc(-c3cnccn3)n2)s1. The van der Waals surface area contributed by atoms with E-state index in [0.29, 0.717) is 0 Å². The molecular weight excluding hydrogens is 250 g/mol. The van der Waals surface area contributed by atoms with Gasteiger partial charge in [0.25, 0.3) is 0 Å². The first kappa shape index (κ1) is 10.6. The minimum absolute atomic E-state index is 0.831. The summed E-state index contributed by atoms with van der Waals surface area (Å²) in [5.74, 6) is 0. The Hall–Kier alpha value is -1.59. The summed E-state index contributed by atoms with van der Waals surface area (Å²) >= 11 is 3.36. The monoisotopic (exact) mass is 259 g/mol. The van der Waals surface area contributed by atoms with Crippen LogP contribution in [-0.2, 0) is 0 Å². The van der Waals surface area contributed by atoms with Crippen molar-refractivity contribution in [3.8, 4) is 21.3 Å². The van der Waals surface area contributed by atoms with E-state index in [4.69, 9.17) is 0 Å². The third-order valence-corrected chi connectivity index (χ3v) is 4.17. The molecule has 3 nitrogen and oxygen atoms in total. The van der Waals surface area contributed by atoms with Gasteiger partial charge in [-0.25, -0.2) is 4.98 Å². The van der Waals surface area contributed by atoms with Crippen LogP contribution in [0.5, 0.6) is 0 Å². The number of hydrogen-bond donors (Lipinski definition) is 0. The Bertz CT molecular complexity index is 628. The van der Waals surface area contributed by atoms with Gasteiger partial charge in [-0.2, -0.15) is 0 Å². The molecule has 0 spiro atoms. The lowest BCUT2D eigenvalue weighted by Gasteiger charge is -1.92. The third-order valence-electron chi connectivity index (χ3n) is 2.28. The summed E-state index contributed by atoms with van der Waals surface area (Å²) in [5.41, 5.74) is 1.85. The van der Waals surface area contributed by atoms with Gasteiger partial charge in [-0.15, -0.1) is 22.7 Å². The number of thiophene rings is 1. The number of aryl methyl sites for hydroxylation is 1. The Morgan fingerprint density at radius 1 is 1.12 bits per heavy atom. The highest BCUT2D eigenvalue weighted by atomic mass is 32.1. The van der Waals surface area contributed by atoms with Gasteiger partial charge in [0.2, 0.25) is 0 Å². The molecule has 3 rings (SSSR count). The smallest absolute Gasteiger partial charge is 0.144 e. The minimum Gasteiger partial charge on any atom is -0.261 e. The van der Waals surface area contributed by atoms with Crippen LogP contribution in [-0.4, -0.2) is 15.0 Å². The van der Waals surface area contributed by atoms with Gasteiger partial charge in [-0.05, 0) is 19.1 Å². The second-order valence-corrected chi connectivity index (χ2v) is 5.68. The van der Waals surface area contributed by atoms with Crippen LogP contribution in [0.3, 0.4) is 0 Å². The van der Waals surface area contributed by atoms with E-state index in [2.05, 4.69) is 39.4 Å². The van der Waals surface area contributed by atoms with Gasteiger partial charge in [0.1, 0.15) is 10.7 Å². The standard InChI is InChI=1S/C12H9N3S2/c1-8-2-3-11(17-8)10-7-16-12(15-10)9-6-13-4-5-14-9/h2-7H,1H3. The summed E-state index contributed by atoms with van der Waals surface area (Å²) in [6, 6.07) is 4.22. The Morgan fingerprint density at radius 2 is 2.06 bits per heavy atom. The quantitative estimate of drug-likeness (QED) is 0.705. The number of hydrogen-bond acceptors (Lipinski definition) is 5. The van der Waals surface area contributed by atoms with E-state index in [1.807, 2.05) is 0 Å². The van der Waals surface area contributed by atoms with Crippen LogP contribution >= 0.6 is 22.7 Å². The molecule has 0 radical (unpaired) electrons. The highest BCUT2D eigenvalue weighted by Gasteiger charge is 2.08. The van der Waals surface area contributed by atoms with Gasteiger partial charge in [-0.3, -0.25) is 9.97 Å². The molecule has 5 heteroatoms. The summed E-state index contributed by atoms with van der Waals surface area (Å²) in [7, 11) is 0. The molecule has 0 amide bonds. The van der Waals surface area contributed by atoms with Crippen molar-refractivity contribution in [3.63, 3.8) is 0 Å². The maximum Gasteiger partial charge on any atom is 0.144 e. The van der Waals surface area contributed by atoms with Crippen molar-refractivity contribution in [2.75, 3.05) is 0 Å². The number of thiazole rings is 1. The summed E-state index contributed by atoms with van der Waals surface area (Å²) in [4.78, 5) is 15.4. The normalized spacial score (nSPS) is 10.6. The summed E-state index contributed by atoms with van der Waals surface area (Å²) < 4.78 is 0. The second kappa shape index (κ2) is 4.35. The van der Waals surface area contributed by atoms with E-state index in [9.17, 15) is 0 Å². The van der Waals surface area contributed by atoms with E-state index in [0.717, 1.165) is 16.4 Å². The molecule has 0 aromatic carbocycles. The van der Waals surface area contributed by atoms with E-state index >= 15 is 0 Å². The average Bonchev–Trinajstić information content (AvgIpc) is 2.98. The van der Waals surface area contributed by atoms with E-state index in [1.165, 1.54) is 9.75 Å². The fourth-order valence-corrected chi connectivity index (χ4v) is 3.17. The topological polar surface area (TPSA) is 38.7 Å². The molecule has 84 valence electrons. The van der Waals surface area contributed by atoms with Crippen LogP contribution in [0.1, 0.15) is 4.88 Å². The highest BCUT2D eigenvalue weighted by Crippen LogP contribution is 2.31. The van der Waals surface area contributed by atoms with Gasteiger partial charge in [0.15, 0.2) is 0 Å². The Morgan fingerprint density at radius 3 is 2.76 bits per heavy atom. The van der Waals surface area contributed by atoms with Crippen molar-refractivity contribution >= 4 is 22.7 Å². The molecule has 17 heavy (non-hydrogen) atoms. The molecule has 0 bridgehead atoms. The van der Waals surface area contributed by atoms with Crippen molar-refractivity contribution in [1.29, 1.82) is 0 Å². The fraction of sp³-hybridized carbons (Fsp3) is 0.0833. The largest absolute Gasteiger partial charge is 0.261 e. The molecule has 0 aliphatic heterocycles. The molecule has 0 unspecified atom stereocenters. The molecule has 0 fully saturated rings. The number of aromatic nitrogens is 3. The zero-order valence-electron chi connectivity index (χ0n) is 9.12. The first-order valence-electron chi connectivity index (χ1n) is 5.11. The summed E-state index contributed by atoms with van der Waals surface area (Å²) in [6.45, 7) is 2.10. The van der Waals surface area contributed by atoms with Gasteiger partial charge in [-0.1, -0.05) is 0 Å². The average molecular weight is 259 g/mol. The van der Waals surface area contributed by atoms with Crippen LogP contribution < -0.4 is 0 Å². The number of rotatable bonds is 2. The first-order chi connectivity index (χ1) is 8.33. The zero-order chi connectivity index (χ0) is 11.7. The van der Waals surface area contributed by atoms with Crippen molar-refractivity contribution in [3.05, 3.63) is 41.0 Å². The van der Waals surface area contributed by atoms with Crippen molar-refractivity contribution in [2.24, 2.45) is 0 Å². The summed E-state index contributed by atoms with van der Waals surface area (Å²) in [6.07, 6.45) is 5.09. The molecule has 3 heterocycles. The number of nitrogens with zero attached hydrogens (tertiary/aromatic N) is 3. The lowest BCUT2D eigenvalue weighted by atomic mass is 10.4. The fourth-order valence-electron chi connectivity index (χ4n) is 1.49. The van der Waals surface area contributed by atoms with Crippen LogP contribution in [0, 0.1) is 6.92 Å². The summed E-state index contributed by atoms with van der Waals surface area (Å²) in [5, 5.41) is 2.98. The molecule has 0 saturated carbocycles. The molecule has 0 saturated heterocycles. The van der Waals surface area contributed by atoms with Gasteiger partial charge < -0.3 is 0 Å². The Balaban J connectivity index is 1.99. The second-order valence-electron chi connectivity index (χ2n) is 3.54. The van der Waals surface area contributed by atoms with Crippen LogP contribution in [0.4, 0.5) is 0 Å². The Kier molecular flexibility index (Phi) is 2.70. The van der Waals surface area contributed by atoms with Crippen molar-refractivity contribution in [2.45, 2.75) is 6.92 Å².